The van der Waals surface area contributed by atoms with E-state index in [2.05, 4.69) is 14.8 Å². The van der Waals surface area contributed by atoms with Gasteiger partial charge in [-0.3, -0.25) is 0 Å². The van der Waals surface area contributed by atoms with Crippen LogP contribution in [0.4, 0.5) is 0 Å². The molecule has 0 unspecified atom stereocenters. The maximum atomic E-state index is 11.6. The van der Waals surface area contributed by atoms with E-state index in [-0.39, 0.29) is 6.10 Å². The molecular formula is C11H25N3O3S. The van der Waals surface area contributed by atoms with Crippen LogP contribution in [-0.4, -0.2) is 46.3 Å². The van der Waals surface area contributed by atoms with Gasteiger partial charge in [0, 0.05) is 12.1 Å². The summed E-state index contributed by atoms with van der Waals surface area (Å²) in [4.78, 5) is 0. The van der Waals surface area contributed by atoms with Gasteiger partial charge in [0.1, 0.15) is 0 Å². The first kappa shape index (κ1) is 15.8. The van der Waals surface area contributed by atoms with Crippen molar-refractivity contribution >= 4 is 10.2 Å². The van der Waals surface area contributed by atoms with Crippen molar-refractivity contribution in [2.24, 2.45) is 0 Å². The SMILES string of the molecule is CC(C)(C)NS(=O)(=O)NCCOC1CCNCC1. The van der Waals surface area contributed by atoms with Crippen LogP contribution in [0.3, 0.4) is 0 Å². The van der Waals surface area contributed by atoms with Crippen molar-refractivity contribution in [2.45, 2.75) is 45.3 Å². The summed E-state index contributed by atoms with van der Waals surface area (Å²) in [5, 5.41) is 3.25. The monoisotopic (exact) mass is 279 g/mol. The van der Waals surface area contributed by atoms with Crippen LogP contribution < -0.4 is 14.8 Å². The van der Waals surface area contributed by atoms with Gasteiger partial charge in [-0.1, -0.05) is 0 Å². The number of nitrogens with one attached hydrogen (secondary N) is 3. The van der Waals surface area contributed by atoms with E-state index in [1.807, 2.05) is 0 Å². The van der Waals surface area contributed by atoms with Crippen LogP contribution in [0, 0.1) is 0 Å². The normalized spacial score (nSPS) is 19.1. The Hall–Kier alpha value is -0.210. The van der Waals surface area contributed by atoms with Crippen LogP contribution >= 0.6 is 0 Å². The molecule has 7 heteroatoms. The minimum absolute atomic E-state index is 0.256. The molecule has 1 heterocycles. The lowest BCUT2D eigenvalue weighted by Crippen LogP contribution is -2.47. The van der Waals surface area contributed by atoms with E-state index in [9.17, 15) is 8.42 Å². The molecule has 1 saturated heterocycles. The van der Waals surface area contributed by atoms with Gasteiger partial charge in [-0.2, -0.15) is 17.9 Å². The molecule has 0 saturated carbocycles. The predicted octanol–water partition coefficient (Wildman–Crippen LogP) is -0.0225. The van der Waals surface area contributed by atoms with E-state index >= 15 is 0 Å². The molecule has 0 radical (unpaired) electrons. The summed E-state index contributed by atoms with van der Waals surface area (Å²) in [5.41, 5.74) is -0.471. The maximum Gasteiger partial charge on any atom is 0.277 e. The van der Waals surface area contributed by atoms with Gasteiger partial charge in [-0.25, -0.2) is 0 Å². The summed E-state index contributed by atoms with van der Waals surface area (Å²) >= 11 is 0. The maximum absolute atomic E-state index is 11.6. The van der Waals surface area contributed by atoms with E-state index in [4.69, 9.17) is 4.74 Å². The van der Waals surface area contributed by atoms with Crippen molar-refractivity contribution in [1.82, 2.24) is 14.8 Å². The van der Waals surface area contributed by atoms with Gasteiger partial charge in [0.15, 0.2) is 0 Å². The first-order chi connectivity index (χ1) is 8.29. The summed E-state index contributed by atoms with van der Waals surface area (Å²) < 4.78 is 33.8. The van der Waals surface area contributed by atoms with Crippen molar-refractivity contribution < 1.29 is 13.2 Å². The van der Waals surface area contributed by atoms with Gasteiger partial charge < -0.3 is 10.1 Å². The molecule has 0 aromatic heterocycles. The fourth-order valence-corrected chi connectivity index (χ4v) is 3.03. The zero-order valence-electron chi connectivity index (χ0n) is 11.5. The van der Waals surface area contributed by atoms with E-state index in [1.54, 1.807) is 20.8 Å². The smallest absolute Gasteiger partial charge is 0.277 e. The predicted molar refractivity (Wildman–Crippen MR) is 71.7 cm³/mol. The molecule has 0 aliphatic carbocycles. The van der Waals surface area contributed by atoms with E-state index in [0.29, 0.717) is 13.2 Å². The topological polar surface area (TPSA) is 79.5 Å². The number of rotatable bonds is 6. The largest absolute Gasteiger partial charge is 0.377 e. The highest BCUT2D eigenvalue weighted by atomic mass is 32.2. The zero-order chi connectivity index (χ0) is 13.6. The molecule has 0 bridgehead atoms. The van der Waals surface area contributed by atoms with Crippen LogP contribution in [0.1, 0.15) is 33.6 Å². The van der Waals surface area contributed by atoms with Gasteiger partial charge in [-0.05, 0) is 46.7 Å². The van der Waals surface area contributed by atoms with Crippen LogP contribution in [0.5, 0.6) is 0 Å². The fourth-order valence-electron chi connectivity index (χ4n) is 1.80. The Morgan fingerprint density at radius 3 is 2.44 bits per heavy atom. The lowest BCUT2D eigenvalue weighted by Gasteiger charge is -2.23. The second-order valence-electron chi connectivity index (χ2n) is 5.57. The van der Waals surface area contributed by atoms with Gasteiger partial charge in [-0.15, -0.1) is 0 Å². The van der Waals surface area contributed by atoms with E-state index in [1.165, 1.54) is 0 Å². The van der Waals surface area contributed by atoms with Crippen molar-refractivity contribution in [3.63, 3.8) is 0 Å². The third-order valence-corrected chi connectivity index (χ3v) is 3.94. The molecule has 0 aromatic rings. The molecule has 18 heavy (non-hydrogen) atoms. The van der Waals surface area contributed by atoms with Crippen molar-refractivity contribution in [2.75, 3.05) is 26.2 Å². The highest BCUT2D eigenvalue weighted by Crippen LogP contribution is 2.06. The number of hydrogen-bond donors (Lipinski definition) is 3. The van der Waals surface area contributed by atoms with Gasteiger partial charge >= 0.3 is 0 Å². The van der Waals surface area contributed by atoms with E-state index in [0.717, 1.165) is 25.9 Å². The summed E-state index contributed by atoms with van der Waals surface area (Å²) in [7, 11) is -3.43. The summed E-state index contributed by atoms with van der Waals surface area (Å²) in [6.45, 7) is 8.07. The second kappa shape index (κ2) is 6.81. The number of ether oxygens (including phenoxy) is 1. The molecule has 1 fully saturated rings. The Morgan fingerprint density at radius 1 is 1.28 bits per heavy atom. The Morgan fingerprint density at radius 2 is 1.89 bits per heavy atom. The summed E-state index contributed by atoms with van der Waals surface area (Å²) in [6, 6.07) is 0. The van der Waals surface area contributed by atoms with Crippen LogP contribution in [0.15, 0.2) is 0 Å². The molecule has 3 N–H and O–H groups in total. The molecule has 1 aliphatic rings. The summed E-state index contributed by atoms with van der Waals surface area (Å²) in [5.74, 6) is 0. The molecule has 0 spiro atoms. The minimum atomic E-state index is -3.43. The van der Waals surface area contributed by atoms with Gasteiger partial charge in [0.25, 0.3) is 10.2 Å². The first-order valence-corrected chi connectivity index (χ1v) is 7.88. The molecular weight excluding hydrogens is 254 g/mol. The molecule has 0 amide bonds. The van der Waals surface area contributed by atoms with Crippen LogP contribution in [0.25, 0.3) is 0 Å². The Bertz CT molecular complexity index is 332. The average molecular weight is 279 g/mol. The minimum Gasteiger partial charge on any atom is -0.377 e. The molecule has 0 aromatic carbocycles. The highest BCUT2D eigenvalue weighted by Gasteiger charge is 2.19. The fraction of sp³-hybridized carbons (Fsp3) is 1.00. The lowest BCUT2D eigenvalue weighted by atomic mass is 10.1. The molecule has 1 aliphatic heterocycles. The highest BCUT2D eigenvalue weighted by molar-refractivity contribution is 7.87. The first-order valence-electron chi connectivity index (χ1n) is 6.39. The van der Waals surface area contributed by atoms with Crippen molar-refractivity contribution in [3.8, 4) is 0 Å². The Labute approximate surface area is 110 Å². The van der Waals surface area contributed by atoms with Crippen molar-refractivity contribution in [1.29, 1.82) is 0 Å². The quantitative estimate of drug-likeness (QED) is 0.597. The molecule has 1 rings (SSSR count). The lowest BCUT2D eigenvalue weighted by molar-refractivity contribution is 0.0366. The third kappa shape index (κ3) is 7.27. The zero-order valence-corrected chi connectivity index (χ0v) is 12.3. The number of piperidine rings is 1. The molecule has 108 valence electrons. The molecule has 6 nitrogen and oxygen atoms in total. The number of hydrogen-bond acceptors (Lipinski definition) is 4. The Kier molecular flexibility index (Phi) is 6.00. The Balaban J connectivity index is 2.16. The van der Waals surface area contributed by atoms with E-state index < -0.39 is 15.7 Å². The van der Waals surface area contributed by atoms with Crippen LogP contribution in [-0.2, 0) is 14.9 Å². The van der Waals surface area contributed by atoms with Gasteiger partial charge in [0.2, 0.25) is 0 Å². The van der Waals surface area contributed by atoms with Crippen LogP contribution in [0.2, 0.25) is 0 Å². The standard InChI is InChI=1S/C11H25N3O3S/c1-11(2,3)14-18(15,16)13-8-9-17-10-4-6-12-7-5-10/h10,12-14H,4-9H2,1-3H3. The third-order valence-electron chi connectivity index (χ3n) is 2.47. The van der Waals surface area contributed by atoms with Crippen molar-refractivity contribution in [3.05, 3.63) is 0 Å². The summed E-state index contributed by atoms with van der Waals surface area (Å²) in [6.07, 6.45) is 2.24. The average Bonchev–Trinajstić information content (AvgIpc) is 2.23. The second-order valence-corrected chi connectivity index (χ2v) is 7.07. The van der Waals surface area contributed by atoms with Gasteiger partial charge in [0.05, 0.1) is 12.7 Å². The molecule has 0 atom stereocenters.